The predicted octanol–water partition coefficient (Wildman–Crippen LogP) is 4.85. The van der Waals surface area contributed by atoms with Crippen LogP contribution in [0.4, 0.5) is 10.1 Å². The van der Waals surface area contributed by atoms with Crippen molar-refractivity contribution >= 4 is 39.2 Å². The fourth-order valence-electron chi connectivity index (χ4n) is 4.94. The maximum Gasteiger partial charge on any atom is 0.193 e. The second-order valence-corrected chi connectivity index (χ2v) is 9.79. The van der Waals surface area contributed by atoms with Gasteiger partial charge < -0.3 is 14.9 Å². The van der Waals surface area contributed by atoms with Gasteiger partial charge in [-0.2, -0.15) is 5.10 Å². The summed E-state index contributed by atoms with van der Waals surface area (Å²) in [5.74, 6) is -0.702. The van der Waals surface area contributed by atoms with Crippen LogP contribution >= 0.6 is 11.6 Å². The molecule has 0 unspecified atom stereocenters. The van der Waals surface area contributed by atoms with Crippen molar-refractivity contribution in [2.24, 2.45) is 13.0 Å². The molecule has 9 heteroatoms. The lowest BCUT2D eigenvalue weighted by Gasteiger charge is -2.39. The van der Waals surface area contributed by atoms with Crippen molar-refractivity contribution in [3.63, 3.8) is 0 Å². The summed E-state index contributed by atoms with van der Waals surface area (Å²) in [7, 11) is 5.96. The molecule has 0 amide bonds. The van der Waals surface area contributed by atoms with Crippen molar-refractivity contribution in [2.45, 2.75) is 25.8 Å². The molecule has 1 saturated heterocycles. The number of likely N-dealkylation sites (tertiary alicyclic amines) is 1. The molecule has 2 atom stereocenters. The standard InChI is InChI=1S/C25H28ClFN6O/c1-14-15(6-5-7-31(14)2)12-32(3)17-9-18-20(26)10-21(29-25(18)28-11-17)19-8-16-13-33(4)30-23(16)22(27)24(19)34/h8-11,13-15,34H,5-7,12H2,1-4H3/t14-,15+/m1/s1. The van der Waals surface area contributed by atoms with Crippen LogP contribution in [0.25, 0.3) is 33.2 Å². The number of hydrogen-bond acceptors (Lipinski definition) is 6. The van der Waals surface area contributed by atoms with E-state index in [1.54, 1.807) is 31.6 Å². The number of pyridine rings is 2. The number of fused-ring (bicyclic) bond motifs is 2. The molecule has 0 aliphatic carbocycles. The molecule has 0 spiro atoms. The predicted molar refractivity (Wildman–Crippen MR) is 134 cm³/mol. The monoisotopic (exact) mass is 482 g/mol. The van der Waals surface area contributed by atoms with Crippen molar-refractivity contribution < 1.29 is 9.50 Å². The number of anilines is 1. The minimum absolute atomic E-state index is 0.111. The number of halogens is 2. The number of phenols is 1. The largest absolute Gasteiger partial charge is 0.504 e. The fourth-order valence-corrected chi connectivity index (χ4v) is 5.19. The zero-order chi connectivity index (χ0) is 24.1. The van der Waals surface area contributed by atoms with E-state index in [1.807, 2.05) is 6.07 Å². The second-order valence-electron chi connectivity index (χ2n) is 9.39. The van der Waals surface area contributed by atoms with Crippen LogP contribution in [0.2, 0.25) is 5.02 Å². The van der Waals surface area contributed by atoms with Gasteiger partial charge in [0, 0.05) is 49.2 Å². The molecule has 4 aromatic rings. The smallest absolute Gasteiger partial charge is 0.193 e. The number of aromatic nitrogens is 4. The summed E-state index contributed by atoms with van der Waals surface area (Å²) in [6.07, 6.45) is 5.91. The lowest BCUT2D eigenvalue weighted by molar-refractivity contribution is 0.138. The van der Waals surface area contributed by atoms with E-state index in [9.17, 15) is 9.50 Å². The average Bonchev–Trinajstić information content (AvgIpc) is 3.19. The summed E-state index contributed by atoms with van der Waals surface area (Å²) in [6.45, 7) is 4.37. The molecular weight excluding hydrogens is 455 g/mol. The van der Waals surface area contributed by atoms with E-state index in [0.717, 1.165) is 18.8 Å². The molecule has 0 saturated carbocycles. The molecule has 1 fully saturated rings. The molecule has 4 heterocycles. The van der Waals surface area contributed by atoms with Gasteiger partial charge in [-0.3, -0.25) is 4.68 Å². The first-order chi connectivity index (χ1) is 16.2. The summed E-state index contributed by atoms with van der Waals surface area (Å²) in [4.78, 5) is 13.8. The minimum Gasteiger partial charge on any atom is -0.504 e. The molecule has 1 N–H and O–H groups in total. The highest BCUT2D eigenvalue weighted by atomic mass is 35.5. The number of rotatable bonds is 4. The van der Waals surface area contributed by atoms with Gasteiger partial charge in [-0.05, 0) is 57.5 Å². The van der Waals surface area contributed by atoms with Crippen LogP contribution in [-0.4, -0.2) is 63.0 Å². The molecule has 178 valence electrons. The lowest BCUT2D eigenvalue weighted by atomic mass is 9.90. The molecule has 7 nitrogen and oxygen atoms in total. The zero-order valence-corrected chi connectivity index (χ0v) is 20.5. The van der Waals surface area contributed by atoms with Crippen LogP contribution in [0.15, 0.2) is 30.6 Å². The van der Waals surface area contributed by atoms with E-state index < -0.39 is 11.6 Å². The van der Waals surface area contributed by atoms with E-state index >= 15 is 0 Å². The van der Waals surface area contributed by atoms with Crippen molar-refractivity contribution in [1.29, 1.82) is 0 Å². The number of benzene rings is 1. The third-order valence-corrected chi connectivity index (χ3v) is 7.43. The van der Waals surface area contributed by atoms with Crippen LogP contribution < -0.4 is 4.90 Å². The van der Waals surface area contributed by atoms with Gasteiger partial charge in [0.15, 0.2) is 17.2 Å². The molecule has 0 radical (unpaired) electrons. The van der Waals surface area contributed by atoms with Gasteiger partial charge in [0.2, 0.25) is 0 Å². The van der Waals surface area contributed by atoms with Crippen LogP contribution in [0.1, 0.15) is 19.8 Å². The van der Waals surface area contributed by atoms with E-state index in [1.165, 1.54) is 17.5 Å². The molecule has 1 aromatic carbocycles. The van der Waals surface area contributed by atoms with Crippen LogP contribution in [-0.2, 0) is 7.05 Å². The highest BCUT2D eigenvalue weighted by Gasteiger charge is 2.26. The zero-order valence-electron chi connectivity index (χ0n) is 19.8. The number of aryl methyl sites for hydroxylation is 1. The summed E-state index contributed by atoms with van der Waals surface area (Å²) in [5.41, 5.74) is 2.12. The Hall–Kier alpha value is -2.97. The number of piperidine rings is 1. The van der Waals surface area contributed by atoms with Crippen molar-refractivity contribution in [3.8, 4) is 17.0 Å². The number of hydrogen-bond donors (Lipinski definition) is 1. The fraction of sp³-hybridized carbons (Fsp3) is 0.400. The molecular formula is C25H28ClFN6O. The first-order valence-electron chi connectivity index (χ1n) is 11.5. The maximum atomic E-state index is 14.7. The summed E-state index contributed by atoms with van der Waals surface area (Å²) in [5, 5.41) is 16.3. The summed E-state index contributed by atoms with van der Waals surface area (Å²) >= 11 is 6.64. The number of phenolic OH excluding ortho intramolecular Hbond substituents is 1. The molecule has 1 aliphatic rings. The van der Waals surface area contributed by atoms with Gasteiger partial charge in [-0.15, -0.1) is 0 Å². The van der Waals surface area contributed by atoms with E-state index in [0.29, 0.717) is 39.1 Å². The van der Waals surface area contributed by atoms with Crippen molar-refractivity contribution in [1.82, 2.24) is 24.6 Å². The van der Waals surface area contributed by atoms with E-state index in [2.05, 4.69) is 45.9 Å². The Kier molecular flexibility index (Phi) is 5.81. The van der Waals surface area contributed by atoms with E-state index in [4.69, 9.17) is 11.6 Å². The minimum atomic E-state index is -0.779. The Morgan fingerprint density at radius 3 is 2.85 bits per heavy atom. The summed E-state index contributed by atoms with van der Waals surface area (Å²) in [6, 6.07) is 5.83. The molecule has 0 bridgehead atoms. The molecule has 1 aliphatic heterocycles. The highest BCUT2D eigenvalue weighted by molar-refractivity contribution is 6.35. The highest BCUT2D eigenvalue weighted by Crippen LogP contribution is 2.38. The SMILES string of the molecule is C[C@@H]1[C@H](CN(C)c2cnc3nc(-c4cc5cn(C)nc5c(F)c4O)cc(Cl)c3c2)CCCN1C. The third kappa shape index (κ3) is 3.95. The van der Waals surface area contributed by atoms with Gasteiger partial charge in [-0.1, -0.05) is 11.6 Å². The molecule has 3 aromatic heterocycles. The van der Waals surface area contributed by atoms with Gasteiger partial charge in [-0.25, -0.2) is 14.4 Å². The Bertz CT molecular complexity index is 1390. The van der Waals surface area contributed by atoms with E-state index in [-0.39, 0.29) is 11.1 Å². The summed E-state index contributed by atoms with van der Waals surface area (Å²) < 4.78 is 16.3. The Balaban J connectivity index is 1.48. The molecule has 5 rings (SSSR count). The Labute approximate surface area is 202 Å². The van der Waals surface area contributed by atoms with Crippen LogP contribution in [0.5, 0.6) is 5.75 Å². The average molecular weight is 483 g/mol. The third-order valence-electron chi connectivity index (χ3n) is 7.12. The van der Waals surface area contributed by atoms with Gasteiger partial charge in [0.1, 0.15) is 5.52 Å². The lowest BCUT2D eigenvalue weighted by Crippen LogP contribution is -2.44. The van der Waals surface area contributed by atoms with Gasteiger partial charge in [0.05, 0.1) is 22.6 Å². The Morgan fingerprint density at radius 1 is 1.26 bits per heavy atom. The Morgan fingerprint density at radius 2 is 2.06 bits per heavy atom. The van der Waals surface area contributed by atoms with Crippen molar-refractivity contribution in [3.05, 3.63) is 41.4 Å². The molecule has 34 heavy (non-hydrogen) atoms. The normalized spacial score (nSPS) is 19.2. The topological polar surface area (TPSA) is 70.3 Å². The first-order valence-corrected chi connectivity index (χ1v) is 11.8. The number of nitrogens with zero attached hydrogens (tertiary/aromatic N) is 6. The second kappa shape index (κ2) is 8.67. The van der Waals surface area contributed by atoms with Gasteiger partial charge in [0.25, 0.3) is 0 Å². The first kappa shape index (κ1) is 22.8. The van der Waals surface area contributed by atoms with Crippen LogP contribution in [0, 0.1) is 11.7 Å². The van der Waals surface area contributed by atoms with Crippen LogP contribution in [0.3, 0.4) is 0 Å². The van der Waals surface area contributed by atoms with Crippen molar-refractivity contribution in [2.75, 3.05) is 32.1 Å². The maximum absolute atomic E-state index is 14.7. The van der Waals surface area contributed by atoms with Gasteiger partial charge >= 0.3 is 0 Å². The number of aromatic hydroxyl groups is 1. The quantitative estimate of drug-likeness (QED) is 0.448.